The van der Waals surface area contributed by atoms with Crippen molar-refractivity contribution in [2.45, 2.75) is 33.1 Å². The van der Waals surface area contributed by atoms with Crippen molar-refractivity contribution in [2.24, 2.45) is 11.3 Å². The van der Waals surface area contributed by atoms with E-state index in [1.54, 1.807) is 0 Å². The Balaban J connectivity index is 2.42. The number of hydrogen-bond donors (Lipinski definition) is 0. The molecule has 0 radical (unpaired) electrons. The molecule has 2 aliphatic carbocycles. The number of fused-ring (bicyclic) bond motifs is 1. The molecule has 0 amide bonds. The molecule has 0 saturated heterocycles. The van der Waals surface area contributed by atoms with E-state index in [1.165, 1.54) is 18.4 Å². The fourth-order valence-electron chi connectivity index (χ4n) is 2.57. The number of carbonyl (C=O) groups is 1. The van der Waals surface area contributed by atoms with Crippen molar-refractivity contribution in [3.8, 4) is 0 Å². The SMILES string of the molecule is CC1=CC(=O)[C@@H]2CCC[C@]12C. The van der Waals surface area contributed by atoms with E-state index in [9.17, 15) is 4.79 Å². The van der Waals surface area contributed by atoms with Gasteiger partial charge in [-0.05, 0) is 31.3 Å². The van der Waals surface area contributed by atoms with Gasteiger partial charge in [-0.1, -0.05) is 18.9 Å². The third-order valence-electron chi connectivity index (χ3n) is 3.56. The predicted octanol–water partition coefficient (Wildman–Crippen LogP) is 2.32. The summed E-state index contributed by atoms with van der Waals surface area (Å²) in [7, 11) is 0. The fourth-order valence-corrected chi connectivity index (χ4v) is 2.57. The largest absolute Gasteiger partial charge is 0.295 e. The maximum absolute atomic E-state index is 11.4. The van der Waals surface area contributed by atoms with Crippen LogP contribution >= 0.6 is 0 Å². The Bertz CT molecular complexity index is 239. The molecule has 0 aromatic heterocycles. The minimum Gasteiger partial charge on any atom is -0.295 e. The van der Waals surface area contributed by atoms with E-state index in [2.05, 4.69) is 13.8 Å². The Hall–Kier alpha value is -0.590. The third-order valence-corrected chi connectivity index (χ3v) is 3.56. The molecule has 0 aromatic carbocycles. The Labute approximate surface area is 67.5 Å². The highest BCUT2D eigenvalue weighted by molar-refractivity contribution is 5.96. The van der Waals surface area contributed by atoms with Gasteiger partial charge in [-0.3, -0.25) is 4.79 Å². The number of carbonyl (C=O) groups excluding carboxylic acids is 1. The lowest BCUT2D eigenvalue weighted by atomic mass is 9.78. The summed E-state index contributed by atoms with van der Waals surface area (Å²) in [6, 6.07) is 0. The van der Waals surface area contributed by atoms with Crippen LogP contribution in [0.4, 0.5) is 0 Å². The number of hydrogen-bond acceptors (Lipinski definition) is 1. The van der Waals surface area contributed by atoms with Crippen molar-refractivity contribution in [3.05, 3.63) is 11.6 Å². The molecule has 1 heteroatoms. The molecule has 0 bridgehead atoms. The molecule has 1 nitrogen and oxygen atoms in total. The summed E-state index contributed by atoms with van der Waals surface area (Å²) in [5.74, 6) is 0.713. The van der Waals surface area contributed by atoms with Gasteiger partial charge in [0.25, 0.3) is 0 Å². The monoisotopic (exact) mass is 150 g/mol. The van der Waals surface area contributed by atoms with Crippen LogP contribution in [-0.2, 0) is 4.79 Å². The average Bonchev–Trinajstić information content (AvgIpc) is 2.39. The van der Waals surface area contributed by atoms with Crippen LogP contribution in [0.5, 0.6) is 0 Å². The van der Waals surface area contributed by atoms with Gasteiger partial charge in [0, 0.05) is 5.92 Å². The molecule has 2 rings (SSSR count). The molecule has 11 heavy (non-hydrogen) atoms. The summed E-state index contributed by atoms with van der Waals surface area (Å²) < 4.78 is 0. The van der Waals surface area contributed by atoms with E-state index < -0.39 is 0 Å². The van der Waals surface area contributed by atoms with E-state index in [4.69, 9.17) is 0 Å². The van der Waals surface area contributed by atoms with E-state index in [-0.39, 0.29) is 5.41 Å². The number of ketones is 1. The van der Waals surface area contributed by atoms with Gasteiger partial charge >= 0.3 is 0 Å². The molecule has 1 fully saturated rings. The minimum atomic E-state index is 0.247. The Morgan fingerprint density at radius 2 is 2.36 bits per heavy atom. The smallest absolute Gasteiger partial charge is 0.159 e. The summed E-state index contributed by atoms with van der Waals surface area (Å²) in [6.45, 7) is 4.34. The topological polar surface area (TPSA) is 17.1 Å². The normalized spacial score (nSPS) is 42.5. The van der Waals surface area contributed by atoms with E-state index in [0.717, 1.165) is 6.42 Å². The van der Waals surface area contributed by atoms with Crippen molar-refractivity contribution in [1.82, 2.24) is 0 Å². The average molecular weight is 150 g/mol. The number of rotatable bonds is 0. The highest BCUT2D eigenvalue weighted by Gasteiger charge is 2.47. The molecule has 2 aliphatic rings. The maximum atomic E-state index is 11.4. The van der Waals surface area contributed by atoms with Crippen molar-refractivity contribution in [1.29, 1.82) is 0 Å². The molecule has 60 valence electrons. The lowest BCUT2D eigenvalue weighted by Gasteiger charge is -2.24. The molecular formula is C10H14O. The second-order valence-corrected chi connectivity index (χ2v) is 4.09. The highest BCUT2D eigenvalue weighted by atomic mass is 16.1. The van der Waals surface area contributed by atoms with Crippen molar-refractivity contribution < 1.29 is 4.79 Å². The molecule has 0 heterocycles. The molecule has 0 unspecified atom stereocenters. The Morgan fingerprint density at radius 1 is 1.64 bits per heavy atom. The van der Waals surface area contributed by atoms with Gasteiger partial charge in [-0.15, -0.1) is 0 Å². The second kappa shape index (κ2) is 1.96. The molecule has 0 aromatic rings. The van der Waals surface area contributed by atoms with Crippen LogP contribution in [0.1, 0.15) is 33.1 Å². The molecule has 0 spiro atoms. The first-order chi connectivity index (χ1) is 5.14. The number of allylic oxidation sites excluding steroid dienone is 2. The van der Waals surface area contributed by atoms with Gasteiger partial charge in [-0.25, -0.2) is 0 Å². The first-order valence-corrected chi connectivity index (χ1v) is 4.37. The van der Waals surface area contributed by atoms with Gasteiger partial charge in [0.15, 0.2) is 5.78 Å². The zero-order valence-electron chi connectivity index (χ0n) is 7.18. The van der Waals surface area contributed by atoms with Crippen LogP contribution in [0.2, 0.25) is 0 Å². The van der Waals surface area contributed by atoms with Gasteiger partial charge in [0.2, 0.25) is 0 Å². The first kappa shape index (κ1) is 7.08. The predicted molar refractivity (Wildman–Crippen MR) is 44.2 cm³/mol. The van der Waals surface area contributed by atoms with Gasteiger partial charge in [0.05, 0.1) is 0 Å². The van der Waals surface area contributed by atoms with E-state index in [0.29, 0.717) is 11.7 Å². The first-order valence-electron chi connectivity index (χ1n) is 4.37. The molecule has 0 N–H and O–H groups in total. The maximum Gasteiger partial charge on any atom is 0.159 e. The zero-order valence-corrected chi connectivity index (χ0v) is 7.18. The Morgan fingerprint density at radius 3 is 3.00 bits per heavy atom. The van der Waals surface area contributed by atoms with Gasteiger partial charge in [0.1, 0.15) is 0 Å². The van der Waals surface area contributed by atoms with Crippen LogP contribution in [0.3, 0.4) is 0 Å². The van der Waals surface area contributed by atoms with Crippen molar-refractivity contribution >= 4 is 5.78 Å². The fraction of sp³-hybridized carbons (Fsp3) is 0.700. The summed E-state index contributed by atoms with van der Waals surface area (Å²) in [4.78, 5) is 11.4. The van der Waals surface area contributed by atoms with E-state index >= 15 is 0 Å². The summed E-state index contributed by atoms with van der Waals surface area (Å²) in [5.41, 5.74) is 1.56. The second-order valence-electron chi connectivity index (χ2n) is 4.09. The molecule has 0 aliphatic heterocycles. The summed E-state index contributed by atoms with van der Waals surface area (Å²) in [5, 5.41) is 0. The standard InChI is InChI=1S/C10H14O/c1-7-6-9(11)8-4-3-5-10(7,8)2/h6,8H,3-5H2,1-2H3/t8-,10+/m0/s1. The van der Waals surface area contributed by atoms with Crippen LogP contribution in [0.15, 0.2) is 11.6 Å². The Kier molecular flexibility index (Phi) is 1.26. The molecule has 2 atom stereocenters. The van der Waals surface area contributed by atoms with Gasteiger partial charge in [-0.2, -0.15) is 0 Å². The summed E-state index contributed by atoms with van der Waals surface area (Å²) >= 11 is 0. The van der Waals surface area contributed by atoms with E-state index in [1.807, 2.05) is 6.08 Å². The third kappa shape index (κ3) is 0.741. The highest BCUT2D eigenvalue weighted by Crippen LogP contribution is 2.52. The van der Waals surface area contributed by atoms with Crippen molar-refractivity contribution in [2.75, 3.05) is 0 Å². The van der Waals surface area contributed by atoms with Crippen LogP contribution < -0.4 is 0 Å². The van der Waals surface area contributed by atoms with Crippen molar-refractivity contribution in [3.63, 3.8) is 0 Å². The lowest BCUT2D eigenvalue weighted by molar-refractivity contribution is -0.118. The minimum absolute atomic E-state index is 0.247. The summed E-state index contributed by atoms with van der Waals surface area (Å²) in [6.07, 6.45) is 5.41. The lowest BCUT2D eigenvalue weighted by Crippen LogP contribution is -2.21. The molecule has 1 saturated carbocycles. The molecular weight excluding hydrogens is 136 g/mol. The quantitative estimate of drug-likeness (QED) is 0.518. The van der Waals surface area contributed by atoms with Crippen LogP contribution in [0.25, 0.3) is 0 Å². The van der Waals surface area contributed by atoms with Crippen LogP contribution in [0, 0.1) is 11.3 Å². The van der Waals surface area contributed by atoms with Crippen LogP contribution in [-0.4, -0.2) is 5.78 Å². The zero-order chi connectivity index (χ0) is 8.06. The van der Waals surface area contributed by atoms with Gasteiger partial charge < -0.3 is 0 Å².